The summed E-state index contributed by atoms with van der Waals surface area (Å²) in [6.45, 7) is 1.96. The van der Waals surface area contributed by atoms with Gasteiger partial charge in [0.25, 0.3) is 0 Å². The maximum Gasteiger partial charge on any atom is 0.0540 e. The molecule has 76 valence electrons. The van der Waals surface area contributed by atoms with Gasteiger partial charge in [0.05, 0.1) is 6.10 Å². The first-order chi connectivity index (χ1) is 6.27. The van der Waals surface area contributed by atoms with E-state index >= 15 is 0 Å². The van der Waals surface area contributed by atoms with Crippen LogP contribution in [0.1, 0.15) is 39.0 Å². The van der Waals surface area contributed by atoms with E-state index < -0.39 is 0 Å². The largest absolute Gasteiger partial charge is 0.393 e. The Morgan fingerprint density at radius 1 is 1.31 bits per heavy atom. The molecule has 0 bridgehead atoms. The summed E-state index contributed by atoms with van der Waals surface area (Å²) < 4.78 is 0. The lowest BCUT2D eigenvalue weighted by Crippen LogP contribution is -2.33. The monoisotopic (exact) mass is 200 g/mol. The molecule has 1 heterocycles. The van der Waals surface area contributed by atoms with Crippen molar-refractivity contribution in [2.24, 2.45) is 11.8 Å². The van der Waals surface area contributed by atoms with Gasteiger partial charge >= 0.3 is 0 Å². The van der Waals surface area contributed by atoms with Crippen molar-refractivity contribution in [3.63, 3.8) is 0 Å². The third-order valence-corrected chi connectivity index (χ3v) is 5.26. The molecule has 2 fully saturated rings. The summed E-state index contributed by atoms with van der Waals surface area (Å²) in [5.41, 5.74) is 0. The van der Waals surface area contributed by atoms with Crippen molar-refractivity contribution in [2.45, 2.75) is 50.4 Å². The number of aliphatic hydroxyl groups is 1. The Bertz CT molecular complexity index is 169. The molecule has 1 saturated carbocycles. The average molecular weight is 200 g/mol. The zero-order chi connectivity index (χ0) is 9.26. The van der Waals surface area contributed by atoms with Crippen molar-refractivity contribution in [3.05, 3.63) is 0 Å². The molecule has 1 N–H and O–H groups in total. The second kappa shape index (κ2) is 4.22. The molecule has 4 atom stereocenters. The van der Waals surface area contributed by atoms with Crippen LogP contribution in [0.2, 0.25) is 0 Å². The van der Waals surface area contributed by atoms with Gasteiger partial charge in [-0.15, -0.1) is 0 Å². The molecular formula is C11H20OS. The highest BCUT2D eigenvalue weighted by Crippen LogP contribution is 2.43. The first-order valence-electron chi connectivity index (χ1n) is 5.57. The summed E-state index contributed by atoms with van der Waals surface area (Å²) >= 11 is 2.18. The van der Waals surface area contributed by atoms with E-state index in [0.717, 1.165) is 11.2 Å². The van der Waals surface area contributed by atoms with Gasteiger partial charge in [-0.25, -0.2) is 0 Å². The van der Waals surface area contributed by atoms with Gasteiger partial charge in [-0.2, -0.15) is 11.8 Å². The van der Waals surface area contributed by atoms with Gasteiger partial charge in [0.15, 0.2) is 0 Å². The molecule has 1 saturated heterocycles. The van der Waals surface area contributed by atoms with Crippen LogP contribution in [-0.4, -0.2) is 22.2 Å². The van der Waals surface area contributed by atoms with Crippen LogP contribution in [0.15, 0.2) is 0 Å². The number of hydrogen-bond donors (Lipinski definition) is 1. The maximum atomic E-state index is 9.56. The lowest BCUT2D eigenvalue weighted by atomic mass is 9.77. The Balaban J connectivity index is 1.91. The SMILES string of the molecule is CC(O)C1CCC2SCCCC2C1. The molecule has 0 aromatic carbocycles. The van der Waals surface area contributed by atoms with Gasteiger partial charge in [0.2, 0.25) is 0 Å². The van der Waals surface area contributed by atoms with Crippen LogP contribution in [-0.2, 0) is 0 Å². The van der Waals surface area contributed by atoms with Crippen LogP contribution in [0.4, 0.5) is 0 Å². The molecule has 2 rings (SSSR count). The Labute approximate surface area is 85.3 Å². The van der Waals surface area contributed by atoms with Crippen molar-refractivity contribution < 1.29 is 5.11 Å². The molecule has 4 unspecified atom stereocenters. The van der Waals surface area contributed by atoms with Gasteiger partial charge in [0.1, 0.15) is 0 Å². The Morgan fingerprint density at radius 2 is 2.15 bits per heavy atom. The van der Waals surface area contributed by atoms with Gasteiger partial charge in [-0.1, -0.05) is 0 Å². The molecule has 2 aliphatic rings. The molecule has 13 heavy (non-hydrogen) atoms. The minimum absolute atomic E-state index is 0.0760. The number of rotatable bonds is 1. The summed E-state index contributed by atoms with van der Waals surface area (Å²) in [6, 6.07) is 0. The van der Waals surface area contributed by atoms with Gasteiger partial charge in [-0.05, 0) is 56.6 Å². The fourth-order valence-electron chi connectivity index (χ4n) is 2.81. The summed E-state index contributed by atoms with van der Waals surface area (Å²) in [5.74, 6) is 2.90. The molecule has 1 aliphatic carbocycles. The van der Waals surface area contributed by atoms with Gasteiger partial charge in [0, 0.05) is 5.25 Å². The fraction of sp³-hybridized carbons (Fsp3) is 1.00. The van der Waals surface area contributed by atoms with Crippen LogP contribution in [0.25, 0.3) is 0 Å². The average Bonchev–Trinajstić information content (AvgIpc) is 2.17. The number of fused-ring (bicyclic) bond motifs is 1. The molecule has 0 aromatic rings. The molecule has 0 aromatic heterocycles. The number of thioether (sulfide) groups is 1. The highest BCUT2D eigenvalue weighted by Gasteiger charge is 2.33. The quantitative estimate of drug-likeness (QED) is 0.702. The van der Waals surface area contributed by atoms with E-state index in [1.54, 1.807) is 0 Å². The maximum absolute atomic E-state index is 9.56. The zero-order valence-corrected chi connectivity index (χ0v) is 9.22. The Hall–Kier alpha value is 0.310. The summed E-state index contributed by atoms with van der Waals surface area (Å²) in [6.07, 6.45) is 6.64. The summed E-state index contributed by atoms with van der Waals surface area (Å²) in [7, 11) is 0. The predicted molar refractivity (Wildman–Crippen MR) is 58.0 cm³/mol. The van der Waals surface area contributed by atoms with Crippen LogP contribution in [0.5, 0.6) is 0 Å². The standard InChI is InChI=1S/C11H20OS/c1-8(12)9-4-5-11-10(7-9)3-2-6-13-11/h8-12H,2-7H2,1H3. The van der Waals surface area contributed by atoms with E-state index in [0.29, 0.717) is 5.92 Å². The molecular weight excluding hydrogens is 180 g/mol. The topological polar surface area (TPSA) is 20.2 Å². The van der Waals surface area contributed by atoms with Crippen LogP contribution in [0.3, 0.4) is 0 Å². The zero-order valence-electron chi connectivity index (χ0n) is 8.41. The van der Waals surface area contributed by atoms with Crippen LogP contribution < -0.4 is 0 Å². The van der Waals surface area contributed by atoms with E-state index in [1.165, 1.54) is 37.9 Å². The van der Waals surface area contributed by atoms with Gasteiger partial charge in [-0.3, -0.25) is 0 Å². The molecule has 2 heteroatoms. The molecule has 0 spiro atoms. The van der Waals surface area contributed by atoms with Crippen molar-refractivity contribution in [1.29, 1.82) is 0 Å². The normalized spacial score (nSPS) is 42.5. The number of aliphatic hydroxyl groups excluding tert-OH is 1. The lowest BCUT2D eigenvalue weighted by molar-refractivity contribution is 0.0828. The lowest BCUT2D eigenvalue weighted by Gasteiger charge is -2.39. The smallest absolute Gasteiger partial charge is 0.0540 e. The second-order valence-electron chi connectivity index (χ2n) is 4.63. The summed E-state index contributed by atoms with van der Waals surface area (Å²) in [4.78, 5) is 0. The van der Waals surface area contributed by atoms with Crippen LogP contribution >= 0.6 is 11.8 Å². The predicted octanol–water partition coefficient (Wildman–Crippen LogP) is 2.68. The third-order valence-electron chi connectivity index (χ3n) is 3.69. The third kappa shape index (κ3) is 2.21. The van der Waals surface area contributed by atoms with E-state index in [-0.39, 0.29) is 6.10 Å². The minimum Gasteiger partial charge on any atom is -0.393 e. The van der Waals surface area contributed by atoms with E-state index in [2.05, 4.69) is 11.8 Å². The highest BCUT2D eigenvalue weighted by atomic mass is 32.2. The first kappa shape index (κ1) is 9.85. The van der Waals surface area contributed by atoms with Crippen molar-refractivity contribution in [3.8, 4) is 0 Å². The van der Waals surface area contributed by atoms with Crippen molar-refractivity contribution in [2.75, 3.05) is 5.75 Å². The molecule has 0 amide bonds. The van der Waals surface area contributed by atoms with E-state index in [9.17, 15) is 5.11 Å². The van der Waals surface area contributed by atoms with E-state index in [4.69, 9.17) is 0 Å². The Kier molecular flexibility index (Phi) is 3.20. The fourth-order valence-corrected chi connectivity index (χ4v) is 4.27. The van der Waals surface area contributed by atoms with Crippen molar-refractivity contribution >= 4 is 11.8 Å². The number of hydrogen-bond acceptors (Lipinski definition) is 2. The van der Waals surface area contributed by atoms with Gasteiger partial charge < -0.3 is 5.11 Å². The Morgan fingerprint density at radius 3 is 2.92 bits per heavy atom. The highest BCUT2D eigenvalue weighted by molar-refractivity contribution is 7.99. The molecule has 1 nitrogen and oxygen atoms in total. The van der Waals surface area contributed by atoms with E-state index in [1.807, 2.05) is 6.92 Å². The summed E-state index contributed by atoms with van der Waals surface area (Å²) in [5, 5.41) is 10.5. The first-order valence-corrected chi connectivity index (χ1v) is 6.62. The minimum atomic E-state index is -0.0760. The molecule has 1 aliphatic heterocycles. The second-order valence-corrected chi connectivity index (χ2v) is 5.97. The van der Waals surface area contributed by atoms with Crippen LogP contribution in [0, 0.1) is 11.8 Å². The molecule has 0 radical (unpaired) electrons. The van der Waals surface area contributed by atoms with Crippen molar-refractivity contribution in [1.82, 2.24) is 0 Å².